The smallest absolute Gasteiger partial charge is 0.0931 e. The molecule has 3 rings (SSSR count). The second-order valence-electron chi connectivity index (χ2n) is 6.12. The normalized spacial score (nSPS) is 22.1. The van der Waals surface area contributed by atoms with Crippen molar-refractivity contribution in [1.82, 2.24) is 20.6 Å². The number of aromatic nitrogens is 2. The summed E-state index contributed by atoms with van der Waals surface area (Å²) in [5.41, 5.74) is 3.81. The Morgan fingerprint density at radius 1 is 1.42 bits per heavy atom. The minimum atomic E-state index is 0.284. The van der Waals surface area contributed by atoms with Crippen LogP contribution in [0.1, 0.15) is 25.8 Å². The lowest BCUT2D eigenvalue weighted by Gasteiger charge is -2.17. The highest BCUT2D eigenvalue weighted by Gasteiger charge is 2.29. The van der Waals surface area contributed by atoms with Crippen molar-refractivity contribution in [1.29, 1.82) is 0 Å². The van der Waals surface area contributed by atoms with E-state index in [9.17, 15) is 0 Å². The Labute approximate surface area is 114 Å². The predicted molar refractivity (Wildman–Crippen MR) is 78.3 cm³/mol. The standard InChI is InChI=1S/C15H22N4/c1-15(2)8-12(9-19-15)16-6-5-11-3-4-13-14(7-11)18-10-17-13/h3-4,7,10,12,16,19H,5-6,8-9H2,1-2H3,(H,17,18). The van der Waals surface area contributed by atoms with Crippen LogP contribution in [0, 0.1) is 0 Å². The lowest BCUT2D eigenvalue weighted by atomic mass is 10.0. The van der Waals surface area contributed by atoms with Crippen LogP contribution in [-0.4, -0.2) is 34.6 Å². The molecule has 19 heavy (non-hydrogen) atoms. The van der Waals surface area contributed by atoms with Gasteiger partial charge in [-0.2, -0.15) is 0 Å². The molecular weight excluding hydrogens is 236 g/mol. The summed E-state index contributed by atoms with van der Waals surface area (Å²) in [6, 6.07) is 7.05. The van der Waals surface area contributed by atoms with Crippen LogP contribution in [0.15, 0.2) is 24.5 Å². The molecule has 0 bridgehead atoms. The highest BCUT2D eigenvalue weighted by atomic mass is 15.1. The zero-order valence-corrected chi connectivity index (χ0v) is 11.7. The number of fused-ring (bicyclic) bond motifs is 1. The molecule has 1 unspecified atom stereocenters. The predicted octanol–water partition coefficient (Wildman–Crippen LogP) is 1.84. The Kier molecular flexibility index (Phi) is 3.29. The molecule has 1 aromatic heterocycles. The number of nitrogens with zero attached hydrogens (tertiary/aromatic N) is 1. The second kappa shape index (κ2) is 4.94. The number of imidazole rings is 1. The van der Waals surface area contributed by atoms with Crippen LogP contribution >= 0.6 is 0 Å². The second-order valence-corrected chi connectivity index (χ2v) is 6.12. The number of hydrogen-bond donors (Lipinski definition) is 3. The molecule has 1 saturated heterocycles. The van der Waals surface area contributed by atoms with Crippen LogP contribution in [-0.2, 0) is 6.42 Å². The van der Waals surface area contributed by atoms with E-state index in [1.807, 2.05) is 0 Å². The van der Waals surface area contributed by atoms with Gasteiger partial charge in [-0.05, 0) is 50.9 Å². The maximum Gasteiger partial charge on any atom is 0.0931 e. The van der Waals surface area contributed by atoms with E-state index in [0.717, 1.165) is 30.5 Å². The van der Waals surface area contributed by atoms with Gasteiger partial charge in [-0.15, -0.1) is 0 Å². The van der Waals surface area contributed by atoms with Crippen molar-refractivity contribution in [2.75, 3.05) is 13.1 Å². The summed E-state index contributed by atoms with van der Waals surface area (Å²) in [5, 5.41) is 7.18. The lowest BCUT2D eigenvalue weighted by Crippen LogP contribution is -2.32. The molecular formula is C15H22N4. The maximum atomic E-state index is 4.24. The topological polar surface area (TPSA) is 52.7 Å². The molecule has 1 aliphatic heterocycles. The minimum absolute atomic E-state index is 0.284. The Hall–Kier alpha value is -1.39. The third-order valence-electron chi connectivity index (χ3n) is 3.92. The van der Waals surface area contributed by atoms with Crippen molar-refractivity contribution >= 4 is 11.0 Å². The number of aromatic amines is 1. The zero-order chi connectivity index (χ0) is 13.3. The van der Waals surface area contributed by atoms with Gasteiger partial charge in [0.1, 0.15) is 0 Å². The van der Waals surface area contributed by atoms with Crippen LogP contribution in [0.25, 0.3) is 11.0 Å². The maximum absolute atomic E-state index is 4.24. The van der Waals surface area contributed by atoms with Gasteiger partial charge < -0.3 is 15.6 Å². The van der Waals surface area contributed by atoms with Crippen LogP contribution in [0.2, 0.25) is 0 Å². The van der Waals surface area contributed by atoms with Crippen LogP contribution in [0.3, 0.4) is 0 Å². The van der Waals surface area contributed by atoms with Crippen molar-refractivity contribution in [3.63, 3.8) is 0 Å². The van der Waals surface area contributed by atoms with Gasteiger partial charge in [0.2, 0.25) is 0 Å². The molecule has 4 nitrogen and oxygen atoms in total. The molecule has 1 fully saturated rings. The van der Waals surface area contributed by atoms with Gasteiger partial charge in [0, 0.05) is 18.1 Å². The summed E-state index contributed by atoms with van der Waals surface area (Å²) in [6.07, 6.45) is 4.01. The molecule has 102 valence electrons. The lowest BCUT2D eigenvalue weighted by molar-refractivity contribution is 0.443. The van der Waals surface area contributed by atoms with Crippen LogP contribution < -0.4 is 10.6 Å². The van der Waals surface area contributed by atoms with E-state index < -0.39 is 0 Å². The minimum Gasteiger partial charge on any atom is -0.345 e. The first-order valence-electron chi connectivity index (χ1n) is 7.03. The van der Waals surface area contributed by atoms with Gasteiger partial charge >= 0.3 is 0 Å². The Balaban J connectivity index is 1.52. The van der Waals surface area contributed by atoms with Crippen molar-refractivity contribution in [3.05, 3.63) is 30.1 Å². The first kappa shape index (κ1) is 12.6. The molecule has 0 aliphatic carbocycles. The molecule has 0 spiro atoms. The molecule has 2 heterocycles. The van der Waals surface area contributed by atoms with E-state index >= 15 is 0 Å². The van der Waals surface area contributed by atoms with Gasteiger partial charge in [0.25, 0.3) is 0 Å². The van der Waals surface area contributed by atoms with Gasteiger partial charge in [-0.1, -0.05) is 6.07 Å². The molecule has 0 radical (unpaired) electrons. The number of nitrogens with one attached hydrogen (secondary N) is 3. The monoisotopic (exact) mass is 258 g/mol. The summed E-state index contributed by atoms with van der Waals surface area (Å²) in [4.78, 5) is 7.40. The zero-order valence-electron chi connectivity index (χ0n) is 11.7. The number of H-pyrrole nitrogens is 1. The summed E-state index contributed by atoms with van der Waals surface area (Å²) in [5.74, 6) is 0. The quantitative estimate of drug-likeness (QED) is 0.784. The summed E-state index contributed by atoms with van der Waals surface area (Å²) in [7, 11) is 0. The first-order valence-corrected chi connectivity index (χ1v) is 7.03. The number of rotatable bonds is 4. The highest BCUT2D eigenvalue weighted by molar-refractivity contribution is 5.75. The van der Waals surface area contributed by atoms with Gasteiger partial charge in [0.05, 0.1) is 17.4 Å². The fourth-order valence-corrected chi connectivity index (χ4v) is 2.86. The van der Waals surface area contributed by atoms with Crippen molar-refractivity contribution in [2.45, 2.75) is 38.3 Å². The van der Waals surface area contributed by atoms with E-state index in [4.69, 9.17) is 0 Å². The molecule has 1 aromatic carbocycles. The van der Waals surface area contributed by atoms with Gasteiger partial charge in [-0.3, -0.25) is 0 Å². The molecule has 4 heteroatoms. The Bertz CT molecular complexity index is 558. The summed E-state index contributed by atoms with van der Waals surface area (Å²) < 4.78 is 0. The first-order chi connectivity index (χ1) is 9.12. The van der Waals surface area contributed by atoms with Crippen LogP contribution in [0.5, 0.6) is 0 Å². The van der Waals surface area contributed by atoms with Crippen molar-refractivity contribution in [3.8, 4) is 0 Å². The fourth-order valence-electron chi connectivity index (χ4n) is 2.86. The number of hydrogen-bond acceptors (Lipinski definition) is 3. The molecule has 0 amide bonds. The fraction of sp³-hybridized carbons (Fsp3) is 0.533. The third kappa shape index (κ3) is 2.96. The van der Waals surface area contributed by atoms with Crippen molar-refractivity contribution < 1.29 is 0 Å². The van der Waals surface area contributed by atoms with E-state index in [1.54, 1.807) is 6.33 Å². The molecule has 1 atom stereocenters. The van der Waals surface area contributed by atoms with E-state index in [0.29, 0.717) is 6.04 Å². The Morgan fingerprint density at radius 2 is 2.32 bits per heavy atom. The van der Waals surface area contributed by atoms with E-state index in [2.05, 4.69) is 52.6 Å². The Morgan fingerprint density at radius 3 is 3.11 bits per heavy atom. The van der Waals surface area contributed by atoms with E-state index in [-0.39, 0.29) is 5.54 Å². The van der Waals surface area contributed by atoms with Crippen LogP contribution in [0.4, 0.5) is 0 Å². The molecule has 0 saturated carbocycles. The van der Waals surface area contributed by atoms with Gasteiger partial charge in [0.15, 0.2) is 0 Å². The van der Waals surface area contributed by atoms with Crippen molar-refractivity contribution in [2.24, 2.45) is 0 Å². The third-order valence-corrected chi connectivity index (χ3v) is 3.92. The summed E-state index contributed by atoms with van der Waals surface area (Å²) in [6.45, 7) is 6.64. The highest BCUT2D eigenvalue weighted by Crippen LogP contribution is 2.17. The summed E-state index contributed by atoms with van der Waals surface area (Å²) >= 11 is 0. The largest absolute Gasteiger partial charge is 0.345 e. The molecule has 2 aromatic rings. The molecule has 3 N–H and O–H groups in total. The number of benzene rings is 1. The average molecular weight is 258 g/mol. The van der Waals surface area contributed by atoms with Gasteiger partial charge in [-0.25, -0.2) is 4.98 Å². The van der Waals surface area contributed by atoms with E-state index in [1.165, 1.54) is 12.0 Å². The molecule has 1 aliphatic rings. The SMILES string of the molecule is CC1(C)CC(NCCc2ccc3nc[nH]c3c2)CN1. The average Bonchev–Trinajstić information content (AvgIpc) is 2.95.